The summed E-state index contributed by atoms with van der Waals surface area (Å²) < 4.78 is 0. The lowest BCUT2D eigenvalue weighted by Crippen LogP contribution is -2.13. The number of benzene rings is 3. The molecule has 27 heavy (non-hydrogen) atoms. The van der Waals surface area contributed by atoms with Crippen LogP contribution in [0.4, 0.5) is 5.69 Å². The van der Waals surface area contributed by atoms with E-state index in [1.165, 1.54) is 0 Å². The zero-order chi connectivity index (χ0) is 18.6. The van der Waals surface area contributed by atoms with Crippen LogP contribution in [-0.2, 0) is 0 Å². The molecule has 1 aromatic heterocycles. The molecule has 0 aliphatic carbocycles. The Morgan fingerprint density at radius 3 is 1.85 bits per heavy atom. The Morgan fingerprint density at radius 2 is 1.26 bits per heavy atom. The van der Waals surface area contributed by atoms with E-state index in [2.05, 4.69) is 22.4 Å². The lowest BCUT2D eigenvalue weighted by Gasteiger charge is -2.10. The number of aryl methyl sites for hydroxylation is 1. The topological polar surface area (TPSA) is 44.9 Å². The third-order valence-corrected chi connectivity index (χ3v) is 4.57. The van der Waals surface area contributed by atoms with Gasteiger partial charge in [0.15, 0.2) is 0 Å². The molecule has 1 heterocycles. The Morgan fingerprint density at radius 1 is 0.741 bits per heavy atom. The maximum atomic E-state index is 13.1. The van der Waals surface area contributed by atoms with Gasteiger partial charge in [-0.05, 0) is 30.2 Å². The summed E-state index contributed by atoms with van der Waals surface area (Å²) in [5, 5.41) is 3.02. The number of amides is 1. The van der Waals surface area contributed by atoms with Crippen molar-refractivity contribution in [1.82, 2.24) is 4.98 Å². The van der Waals surface area contributed by atoms with Gasteiger partial charge in [0.25, 0.3) is 5.91 Å². The first-order valence-corrected chi connectivity index (χ1v) is 8.94. The molecule has 1 amide bonds. The molecule has 0 fully saturated rings. The van der Waals surface area contributed by atoms with E-state index in [0.717, 1.165) is 33.8 Å². The molecule has 0 aliphatic rings. The van der Waals surface area contributed by atoms with Gasteiger partial charge in [-0.1, -0.05) is 78.9 Å². The summed E-state index contributed by atoms with van der Waals surface area (Å²) in [6.07, 6.45) is 0. The van der Waals surface area contributed by atoms with Crippen LogP contribution in [0, 0.1) is 6.92 Å². The predicted molar refractivity (Wildman–Crippen MR) is 111 cm³/mol. The van der Waals surface area contributed by atoms with Gasteiger partial charge >= 0.3 is 0 Å². The van der Waals surface area contributed by atoms with Crippen molar-refractivity contribution in [3.8, 4) is 22.4 Å². The standard InChI is InChI=1S/C24H20N2O/c1-17-21(24(27)26-20-15-9-4-10-16-20)22(18-11-5-2-6-12-18)23(25-17)19-13-7-3-8-14-19/h2-16,25H,1H3,(H,26,27). The van der Waals surface area contributed by atoms with Gasteiger partial charge in [0.2, 0.25) is 0 Å². The normalized spacial score (nSPS) is 10.6. The molecule has 0 radical (unpaired) electrons. The molecule has 0 aliphatic heterocycles. The summed E-state index contributed by atoms with van der Waals surface area (Å²) >= 11 is 0. The van der Waals surface area contributed by atoms with Crippen molar-refractivity contribution in [2.24, 2.45) is 0 Å². The number of hydrogen-bond donors (Lipinski definition) is 2. The van der Waals surface area contributed by atoms with Gasteiger partial charge in [0, 0.05) is 16.9 Å². The fourth-order valence-corrected chi connectivity index (χ4v) is 3.34. The maximum absolute atomic E-state index is 13.1. The summed E-state index contributed by atoms with van der Waals surface area (Å²) in [5.41, 5.74) is 6.25. The van der Waals surface area contributed by atoms with Crippen LogP contribution in [0.3, 0.4) is 0 Å². The van der Waals surface area contributed by atoms with Crippen molar-refractivity contribution in [3.63, 3.8) is 0 Å². The lowest BCUT2D eigenvalue weighted by atomic mass is 9.96. The smallest absolute Gasteiger partial charge is 0.258 e. The minimum absolute atomic E-state index is 0.115. The van der Waals surface area contributed by atoms with Crippen molar-refractivity contribution in [2.45, 2.75) is 6.92 Å². The first-order valence-electron chi connectivity index (χ1n) is 8.94. The second kappa shape index (κ2) is 7.34. The van der Waals surface area contributed by atoms with Gasteiger partial charge < -0.3 is 10.3 Å². The summed E-state index contributed by atoms with van der Waals surface area (Å²) in [5.74, 6) is -0.115. The fourth-order valence-electron chi connectivity index (χ4n) is 3.34. The van der Waals surface area contributed by atoms with E-state index in [9.17, 15) is 4.79 Å². The Bertz CT molecular complexity index is 1050. The maximum Gasteiger partial charge on any atom is 0.258 e. The van der Waals surface area contributed by atoms with E-state index in [1.54, 1.807) is 0 Å². The molecule has 132 valence electrons. The van der Waals surface area contributed by atoms with Crippen LogP contribution in [0.1, 0.15) is 16.1 Å². The number of carbonyl (C=O) groups is 1. The van der Waals surface area contributed by atoms with Gasteiger partial charge in [-0.3, -0.25) is 4.79 Å². The summed E-state index contributed by atoms with van der Waals surface area (Å²) in [6.45, 7) is 1.94. The fraction of sp³-hybridized carbons (Fsp3) is 0.0417. The van der Waals surface area contributed by atoms with Crippen LogP contribution in [0.5, 0.6) is 0 Å². The molecule has 0 saturated heterocycles. The van der Waals surface area contributed by atoms with Crippen molar-refractivity contribution in [3.05, 3.63) is 102 Å². The molecule has 2 N–H and O–H groups in total. The number of para-hydroxylation sites is 1. The predicted octanol–water partition coefficient (Wildman–Crippen LogP) is 5.91. The van der Waals surface area contributed by atoms with E-state index in [-0.39, 0.29) is 5.91 Å². The van der Waals surface area contributed by atoms with E-state index in [1.807, 2.05) is 85.8 Å². The molecule has 0 bridgehead atoms. The van der Waals surface area contributed by atoms with Crippen molar-refractivity contribution < 1.29 is 4.79 Å². The Balaban J connectivity index is 1.86. The second-order valence-electron chi connectivity index (χ2n) is 6.43. The molecule has 0 spiro atoms. The van der Waals surface area contributed by atoms with E-state index in [0.29, 0.717) is 5.56 Å². The number of hydrogen-bond acceptors (Lipinski definition) is 1. The second-order valence-corrected chi connectivity index (χ2v) is 6.43. The van der Waals surface area contributed by atoms with Crippen LogP contribution in [-0.4, -0.2) is 10.9 Å². The summed E-state index contributed by atoms with van der Waals surface area (Å²) in [4.78, 5) is 16.6. The molecular weight excluding hydrogens is 332 g/mol. The average Bonchev–Trinajstić information content (AvgIpc) is 3.07. The highest BCUT2D eigenvalue weighted by atomic mass is 16.1. The molecule has 0 atom stereocenters. The highest BCUT2D eigenvalue weighted by Gasteiger charge is 2.23. The number of aromatic amines is 1. The molecular formula is C24H20N2O. The highest BCUT2D eigenvalue weighted by molar-refractivity contribution is 6.12. The van der Waals surface area contributed by atoms with E-state index in [4.69, 9.17) is 0 Å². The largest absolute Gasteiger partial charge is 0.357 e. The van der Waals surface area contributed by atoms with Crippen LogP contribution in [0.25, 0.3) is 22.4 Å². The molecule has 4 aromatic rings. The van der Waals surface area contributed by atoms with E-state index < -0.39 is 0 Å². The van der Waals surface area contributed by atoms with Gasteiger partial charge in [-0.25, -0.2) is 0 Å². The Hall–Kier alpha value is -3.59. The van der Waals surface area contributed by atoms with Crippen LogP contribution >= 0.6 is 0 Å². The number of rotatable bonds is 4. The SMILES string of the molecule is Cc1[nH]c(-c2ccccc2)c(-c2ccccc2)c1C(=O)Nc1ccccc1. The number of nitrogens with one attached hydrogen (secondary N) is 2. The molecule has 0 unspecified atom stereocenters. The average molecular weight is 352 g/mol. The molecule has 4 rings (SSSR count). The first kappa shape index (κ1) is 16.9. The Labute approximate surface area is 158 Å². The Kier molecular flexibility index (Phi) is 4.58. The number of aromatic nitrogens is 1. The monoisotopic (exact) mass is 352 g/mol. The van der Waals surface area contributed by atoms with Gasteiger partial charge in [0.1, 0.15) is 0 Å². The van der Waals surface area contributed by atoms with Crippen LogP contribution < -0.4 is 5.32 Å². The highest BCUT2D eigenvalue weighted by Crippen LogP contribution is 2.36. The molecule has 3 heteroatoms. The summed E-state index contributed by atoms with van der Waals surface area (Å²) in [7, 11) is 0. The van der Waals surface area contributed by atoms with Crippen LogP contribution in [0.15, 0.2) is 91.0 Å². The number of H-pyrrole nitrogens is 1. The summed E-state index contributed by atoms with van der Waals surface area (Å²) in [6, 6.07) is 29.7. The third-order valence-electron chi connectivity index (χ3n) is 4.57. The third kappa shape index (κ3) is 3.40. The zero-order valence-electron chi connectivity index (χ0n) is 15.1. The van der Waals surface area contributed by atoms with Gasteiger partial charge in [0.05, 0.1) is 11.3 Å². The van der Waals surface area contributed by atoms with Crippen molar-refractivity contribution >= 4 is 11.6 Å². The van der Waals surface area contributed by atoms with Gasteiger partial charge in [-0.2, -0.15) is 0 Å². The first-order chi connectivity index (χ1) is 13.2. The zero-order valence-corrected chi connectivity index (χ0v) is 15.1. The van der Waals surface area contributed by atoms with Crippen molar-refractivity contribution in [2.75, 3.05) is 5.32 Å². The molecule has 3 aromatic carbocycles. The molecule has 0 saturated carbocycles. The number of anilines is 1. The number of carbonyl (C=O) groups excluding carboxylic acids is 1. The molecule has 3 nitrogen and oxygen atoms in total. The van der Waals surface area contributed by atoms with Crippen LogP contribution in [0.2, 0.25) is 0 Å². The van der Waals surface area contributed by atoms with Gasteiger partial charge in [-0.15, -0.1) is 0 Å². The quantitative estimate of drug-likeness (QED) is 0.471. The van der Waals surface area contributed by atoms with Crippen molar-refractivity contribution in [1.29, 1.82) is 0 Å². The lowest BCUT2D eigenvalue weighted by molar-refractivity contribution is 0.102. The minimum atomic E-state index is -0.115. The minimum Gasteiger partial charge on any atom is -0.357 e. The van der Waals surface area contributed by atoms with E-state index >= 15 is 0 Å².